The topological polar surface area (TPSA) is 60.4 Å². The summed E-state index contributed by atoms with van der Waals surface area (Å²) in [5.74, 6) is 7.21. The van der Waals surface area contributed by atoms with E-state index in [0.717, 1.165) is 17.1 Å². The first-order chi connectivity index (χ1) is 8.70. The van der Waals surface area contributed by atoms with Crippen LogP contribution in [0.4, 0.5) is 0 Å². The van der Waals surface area contributed by atoms with E-state index in [1.807, 2.05) is 50.2 Å². The van der Waals surface area contributed by atoms with Gasteiger partial charge in [0, 0.05) is 0 Å². The lowest BCUT2D eigenvalue weighted by Crippen LogP contribution is -2.28. The van der Waals surface area contributed by atoms with Gasteiger partial charge in [-0.25, -0.2) is 5.43 Å². The summed E-state index contributed by atoms with van der Waals surface area (Å²) in [6.45, 7) is 4.00. The number of ether oxygens (including phenoxy) is 1. The van der Waals surface area contributed by atoms with Crippen LogP contribution in [-0.4, -0.2) is 6.10 Å². The second-order valence-corrected chi connectivity index (χ2v) is 4.35. The first kappa shape index (κ1) is 12.7. The van der Waals surface area contributed by atoms with Gasteiger partial charge in [-0.2, -0.15) is 0 Å². The van der Waals surface area contributed by atoms with Crippen LogP contribution in [0.2, 0.25) is 0 Å². The van der Waals surface area contributed by atoms with Gasteiger partial charge in [0.2, 0.25) is 0 Å². The van der Waals surface area contributed by atoms with E-state index in [1.165, 1.54) is 0 Å². The Morgan fingerprint density at radius 3 is 2.39 bits per heavy atom. The second kappa shape index (κ2) is 5.71. The molecule has 1 unspecified atom stereocenters. The van der Waals surface area contributed by atoms with Crippen molar-refractivity contribution in [3.63, 3.8) is 0 Å². The van der Waals surface area contributed by atoms with Gasteiger partial charge in [0.15, 0.2) is 0 Å². The monoisotopic (exact) mass is 246 g/mol. The van der Waals surface area contributed by atoms with Crippen molar-refractivity contribution in [2.24, 2.45) is 5.84 Å². The second-order valence-electron chi connectivity index (χ2n) is 4.35. The summed E-state index contributed by atoms with van der Waals surface area (Å²) in [6.07, 6.45) is 1.81. The number of hydrogen-bond acceptors (Lipinski definition) is 4. The molecule has 0 aliphatic rings. The van der Waals surface area contributed by atoms with Crippen LogP contribution in [0.5, 0.6) is 5.75 Å². The number of nitrogens with two attached hydrogens (primary N) is 1. The molecule has 18 heavy (non-hydrogen) atoms. The Labute approximate surface area is 107 Å². The zero-order chi connectivity index (χ0) is 13.0. The Bertz CT molecular complexity index is 463. The highest BCUT2D eigenvalue weighted by atomic mass is 16.5. The van der Waals surface area contributed by atoms with Crippen molar-refractivity contribution in [2.75, 3.05) is 0 Å². The molecule has 0 saturated carbocycles. The SMILES string of the molecule is CC(C)Oc1ccc(C(NN)c2ccco2)cc1. The van der Waals surface area contributed by atoms with E-state index in [9.17, 15) is 0 Å². The number of hydrazine groups is 1. The van der Waals surface area contributed by atoms with Crippen LogP contribution >= 0.6 is 0 Å². The van der Waals surface area contributed by atoms with E-state index < -0.39 is 0 Å². The van der Waals surface area contributed by atoms with E-state index in [4.69, 9.17) is 15.0 Å². The summed E-state index contributed by atoms with van der Waals surface area (Å²) in [4.78, 5) is 0. The minimum Gasteiger partial charge on any atom is -0.491 e. The quantitative estimate of drug-likeness (QED) is 0.629. The normalized spacial score (nSPS) is 12.7. The number of furan rings is 1. The van der Waals surface area contributed by atoms with Crippen molar-refractivity contribution in [2.45, 2.75) is 26.0 Å². The molecule has 0 aliphatic carbocycles. The molecule has 3 N–H and O–H groups in total. The van der Waals surface area contributed by atoms with Crippen LogP contribution in [-0.2, 0) is 0 Å². The molecule has 1 heterocycles. The van der Waals surface area contributed by atoms with Gasteiger partial charge >= 0.3 is 0 Å². The summed E-state index contributed by atoms with van der Waals surface area (Å²) in [7, 11) is 0. The number of benzene rings is 1. The minimum absolute atomic E-state index is 0.145. The van der Waals surface area contributed by atoms with Crippen LogP contribution in [0.3, 0.4) is 0 Å². The summed E-state index contributed by atoms with van der Waals surface area (Å²) < 4.78 is 11.0. The van der Waals surface area contributed by atoms with Gasteiger partial charge in [0.1, 0.15) is 17.6 Å². The maximum Gasteiger partial charge on any atom is 0.126 e. The Balaban J connectivity index is 2.17. The molecule has 4 heteroatoms. The van der Waals surface area contributed by atoms with E-state index in [0.29, 0.717) is 0 Å². The van der Waals surface area contributed by atoms with Crippen molar-refractivity contribution in [1.29, 1.82) is 0 Å². The summed E-state index contributed by atoms with van der Waals surface area (Å²) in [6, 6.07) is 11.4. The maximum atomic E-state index is 5.60. The first-order valence-electron chi connectivity index (χ1n) is 5.97. The fourth-order valence-corrected chi connectivity index (χ4v) is 1.81. The predicted octanol–water partition coefficient (Wildman–Crippen LogP) is 2.62. The number of hydrogen-bond donors (Lipinski definition) is 2. The van der Waals surface area contributed by atoms with Crippen LogP contribution in [0.25, 0.3) is 0 Å². The average molecular weight is 246 g/mol. The molecule has 0 amide bonds. The number of rotatable bonds is 5. The molecule has 96 valence electrons. The van der Waals surface area contributed by atoms with E-state index in [2.05, 4.69) is 5.43 Å². The lowest BCUT2D eigenvalue weighted by molar-refractivity contribution is 0.242. The smallest absolute Gasteiger partial charge is 0.126 e. The molecular weight excluding hydrogens is 228 g/mol. The standard InChI is InChI=1S/C14H18N2O2/c1-10(2)18-12-7-5-11(6-8-12)14(16-15)13-4-3-9-17-13/h3-10,14,16H,15H2,1-2H3. The molecule has 0 radical (unpaired) electrons. The molecule has 2 aromatic rings. The fourth-order valence-electron chi connectivity index (χ4n) is 1.81. The molecule has 4 nitrogen and oxygen atoms in total. The van der Waals surface area contributed by atoms with Crippen molar-refractivity contribution in [1.82, 2.24) is 5.43 Å². The highest BCUT2D eigenvalue weighted by Gasteiger charge is 2.14. The summed E-state index contributed by atoms with van der Waals surface area (Å²) >= 11 is 0. The lowest BCUT2D eigenvalue weighted by Gasteiger charge is -2.15. The highest BCUT2D eigenvalue weighted by molar-refractivity contribution is 5.32. The van der Waals surface area contributed by atoms with Gasteiger partial charge in [0.25, 0.3) is 0 Å². The van der Waals surface area contributed by atoms with Crippen LogP contribution in [0.1, 0.15) is 31.2 Å². The van der Waals surface area contributed by atoms with E-state index in [1.54, 1.807) is 6.26 Å². The van der Waals surface area contributed by atoms with Crippen molar-refractivity contribution in [3.8, 4) is 5.75 Å². The van der Waals surface area contributed by atoms with Gasteiger partial charge in [-0.3, -0.25) is 5.84 Å². The largest absolute Gasteiger partial charge is 0.491 e. The molecular formula is C14H18N2O2. The van der Waals surface area contributed by atoms with Crippen molar-refractivity contribution >= 4 is 0 Å². The molecule has 2 rings (SSSR count). The molecule has 0 fully saturated rings. The van der Waals surface area contributed by atoms with Crippen LogP contribution in [0, 0.1) is 0 Å². The molecule has 0 aliphatic heterocycles. The van der Waals surface area contributed by atoms with Crippen molar-refractivity contribution in [3.05, 3.63) is 54.0 Å². The van der Waals surface area contributed by atoms with Crippen molar-refractivity contribution < 1.29 is 9.15 Å². The highest BCUT2D eigenvalue weighted by Crippen LogP contribution is 2.24. The minimum atomic E-state index is -0.145. The fraction of sp³-hybridized carbons (Fsp3) is 0.286. The molecule has 1 atom stereocenters. The van der Waals surface area contributed by atoms with Gasteiger partial charge in [-0.15, -0.1) is 0 Å². The van der Waals surface area contributed by atoms with Crippen LogP contribution in [0.15, 0.2) is 47.1 Å². The zero-order valence-electron chi connectivity index (χ0n) is 10.6. The first-order valence-corrected chi connectivity index (χ1v) is 5.97. The number of nitrogens with one attached hydrogen (secondary N) is 1. The Kier molecular flexibility index (Phi) is 4.02. The molecule has 0 bridgehead atoms. The third kappa shape index (κ3) is 2.91. The van der Waals surface area contributed by atoms with E-state index in [-0.39, 0.29) is 12.1 Å². The van der Waals surface area contributed by atoms with Gasteiger partial charge in [-0.05, 0) is 43.7 Å². The Morgan fingerprint density at radius 1 is 1.17 bits per heavy atom. The van der Waals surface area contributed by atoms with Gasteiger partial charge < -0.3 is 9.15 Å². The van der Waals surface area contributed by atoms with E-state index >= 15 is 0 Å². The van der Waals surface area contributed by atoms with Gasteiger partial charge in [-0.1, -0.05) is 12.1 Å². The molecule has 1 aromatic heterocycles. The summed E-state index contributed by atoms with van der Waals surface area (Å²) in [5.41, 5.74) is 3.78. The predicted molar refractivity (Wildman–Crippen MR) is 70.1 cm³/mol. The third-order valence-electron chi connectivity index (χ3n) is 2.58. The van der Waals surface area contributed by atoms with Gasteiger partial charge in [0.05, 0.1) is 12.4 Å². The molecule has 0 spiro atoms. The lowest BCUT2D eigenvalue weighted by atomic mass is 10.1. The summed E-state index contributed by atoms with van der Waals surface area (Å²) in [5, 5.41) is 0. The maximum absolute atomic E-state index is 5.60. The third-order valence-corrected chi connectivity index (χ3v) is 2.58. The van der Waals surface area contributed by atoms with Crippen LogP contribution < -0.4 is 16.0 Å². The molecule has 0 saturated heterocycles. The Morgan fingerprint density at radius 2 is 1.89 bits per heavy atom. The Hall–Kier alpha value is -1.78. The molecule has 1 aromatic carbocycles. The zero-order valence-corrected chi connectivity index (χ0v) is 10.6. The average Bonchev–Trinajstić information content (AvgIpc) is 2.85.